The minimum absolute atomic E-state index is 0.139. The maximum Gasteiger partial charge on any atom is 0.133 e. The second-order valence-corrected chi connectivity index (χ2v) is 4.82. The van der Waals surface area contributed by atoms with Gasteiger partial charge in [0.25, 0.3) is 0 Å². The minimum Gasteiger partial charge on any atom is -0.393 e. The number of ketones is 1. The van der Waals surface area contributed by atoms with Crippen LogP contribution in [0, 0.1) is 5.41 Å². The van der Waals surface area contributed by atoms with Crippen LogP contribution in [0.3, 0.4) is 0 Å². The summed E-state index contributed by atoms with van der Waals surface area (Å²) in [5, 5.41) is 9.60. The fourth-order valence-electron chi connectivity index (χ4n) is 3.06. The third-order valence-corrected chi connectivity index (χ3v) is 3.65. The molecule has 2 atom stereocenters. The Kier molecular flexibility index (Phi) is 2.41. The number of Topliss-reactive ketones (excluding diaryl/α,β-unsaturated/α-hetero) is 1. The Bertz CT molecular complexity index is 208. The van der Waals surface area contributed by atoms with Crippen molar-refractivity contribution in [2.24, 2.45) is 5.41 Å². The van der Waals surface area contributed by atoms with Crippen LogP contribution in [0.2, 0.25) is 0 Å². The van der Waals surface area contributed by atoms with Crippen LogP contribution < -0.4 is 0 Å². The monoisotopic (exact) mass is 182 g/mol. The second kappa shape index (κ2) is 3.41. The molecule has 2 aliphatic carbocycles. The van der Waals surface area contributed by atoms with Gasteiger partial charge in [0.1, 0.15) is 5.78 Å². The molecule has 0 aromatic heterocycles. The zero-order valence-electron chi connectivity index (χ0n) is 8.09. The molecule has 1 spiro atoms. The molecular weight excluding hydrogens is 164 g/mol. The molecule has 2 fully saturated rings. The SMILES string of the molecule is O=C1CCC[C@@]2(CCC[C@@H](O)C2)C1. The summed E-state index contributed by atoms with van der Waals surface area (Å²) in [4.78, 5) is 11.4. The van der Waals surface area contributed by atoms with E-state index in [-0.39, 0.29) is 11.5 Å². The van der Waals surface area contributed by atoms with E-state index in [1.165, 1.54) is 0 Å². The number of aliphatic hydroxyl groups excluding tert-OH is 1. The van der Waals surface area contributed by atoms with E-state index >= 15 is 0 Å². The number of rotatable bonds is 0. The maximum atomic E-state index is 11.4. The van der Waals surface area contributed by atoms with Crippen LogP contribution in [0.5, 0.6) is 0 Å². The zero-order chi connectivity index (χ0) is 9.31. The lowest BCUT2D eigenvalue weighted by atomic mass is 9.64. The van der Waals surface area contributed by atoms with Gasteiger partial charge in [-0.15, -0.1) is 0 Å². The lowest BCUT2D eigenvalue weighted by molar-refractivity contribution is -0.125. The Labute approximate surface area is 79.3 Å². The number of carbonyl (C=O) groups is 1. The molecule has 1 N–H and O–H groups in total. The first kappa shape index (κ1) is 9.20. The first-order valence-corrected chi connectivity index (χ1v) is 5.40. The van der Waals surface area contributed by atoms with Crippen molar-refractivity contribution in [1.82, 2.24) is 0 Å². The van der Waals surface area contributed by atoms with Crippen molar-refractivity contribution in [1.29, 1.82) is 0 Å². The normalized spacial score (nSPS) is 41.0. The Hall–Kier alpha value is -0.370. The molecule has 0 saturated heterocycles. The van der Waals surface area contributed by atoms with E-state index in [1.807, 2.05) is 0 Å². The van der Waals surface area contributed by atoms with Gasteiger partial charge in [-0.3, -0.25) is 4.79 Å². The molecule has 0 aliphatic heterocycles. The molecule has 2 nitrogen and oxygen atoms in total. The van der Waals surface area contributed by atoms with E-state index in [1.54, 1.807) is 0 Å². The van der Waals surface area contributed by atoms with Gasteiger partial charge in [-0.2, -0.15) is 0 Å². The van der Waals surface area contributed by atoms with Gasteiger partial charge in [0.2, 0.25) is 0 Å². The Balaban J connectivity index is 2.04. The highest BCUT2D eigenvalue weighted by Gasteiger charge is 2.39. The van der Waals surface area contributed by atoms with Gasteiger partial charge < -0.3 is 5.11 Å². The van der Waals surface area contributed by atoms with Gasteiger partial charge in [0, 0.05) is 12.8 Å². The Morgan fingerprint density at radius 1 is 1.31 bits per heavy atom. The lowest BCUT2D eigenvalue weighted by Gasteiger charge is -2.41. The van der Waals surface area contributed by atoms with Gasteiger partial charge in [0.15, 0.2) is 0 Å². The molecule has 0 heterocycles. The first-order chi connectivity index (χ1) is 6.20. The van der Waals surface area contributed by atoms with E-state index in [0.717, 1.165) is 51.4 Å². The van der Waals surface area contributed by atoms with Crippen molar-refractivity contribution in [3.05, 3.63) is 0 Å². The fraction of sp³-hybridized carbons (Fsp3) is 0.909. The molecule has 0 amide bonds. The summed E-state index contributed by atoms with van der Waals surface area (Å²) in [6.45, 7) is 0. The highest BCUT2D eigenvalue weighted by atomic mass is 16.3. The summed E-state index contributed by atoms with van der Waals surface area (Å²) in [5.41, 5.74) is 0.201. The van der Waals surface area contributed by atoms with Crippen molar-refractivity contribution >= 4 is 5.78 Å². The van der Waals surface area contributed by atoms with E-state index in [4.69, 9.17) is 0 Å². The van der Waals surface area contributed by atoms with Gasteiger partial charge in [-0.1, -0.05) is 6.42 Å². The molecule has 2 saturated carbocycles. The zero-order valence-corrected chi connectivity index (χ0v) is 8.09. The summed E-state index contributed by atoms with van der Waals surface area (Å²) in [6, 6.07) is 0. The largest absolute Gasteiger partial charge is 0.393 e. The van der Waals surface area contributed by atoms with Crippen LogP contribution in [-0.4, -0.2) is 17.0 Å². The van der Waals surface area contributed by atoms with E-state index < -0.39 is 0 Å². The van der Waals surface area contributed by atoms with Crippen molar-refractivity contribution in [2.75, 3.05) is 0 Å². The van der Waals surface area contributed by atoms with Crippen LogP contribution in [0.4, 0.5) is 0 Å². The van der Waals surface area contributed by atoms with Gasteiger partial charge in [-0.05, 0) is 37.5 Å². The summed E-state index contributed by atoms with van der Waals surface area (Å²) in [7, 11) is 0. The van der Waals surface area contributed by atoms with Crippen molar-refractivity contribution in [3.63, 3.8) is 0 Å². The summed E-state index contributed by atoms with van der Waals surface area (Å²) in [5.74, 6) is 0.417. The van der Waals surface area contributed by atoms with Crippen molar-refractivity contribution < 1.29 is 9.90 Å². The summed E-state index contributed by atoms with van der Waals surface area (Å²) < 4.78 is 0. The molecule has 0 aromatic carbocycles. The number of hydrogen-bond acceptors (Lipinski definition) is 2. The standard InChI is InChI=1S/C11H18O2/c12-9-3-1-5-11(7-9)6-2-4-10(13)8-11/h9,12H,1-8H2/t9-,11-/m1/s1. The molecule has 0 bridgehead atoms. The summed E-state index contributed by atoms with van der Waals surface area (Å²) >= 11 is 0. The fourth-order valence-corrected chi connectivity index (χ4v) is 3.06. The van der Waals surface area contributed by atoms with Gasteiger partial charge in [0.05, 0.1) is 6.10 Å². The highest BCUT2D eigenvalue weighted by Crippen LogP contribution is 2.46. The Morgan fingerprint density at radius 3 is 2.77 bits per heavy atom. The van der Waals surface area contributed by atoms with Gasteiger partial charge >= 0.3 is 0 Å². The van der Waals surface area contributed by atoms with Crippen LogP contribution in [0.25, 0.3) is 0 Å². The second-order valence-electron chi connectivity index (χ2n) is 4.82. The average molecular weight is 182 g/mol. The Morgan fingerprint density at radius 2 is 2.08 bits per heavy atom. The smallest absolute Gasteiger partial charge is 0.133 e. The van der Waals surface area contributed by atoms with Crippen LogP contribution >= 0.6 is 0 Å². The third kappa shape index (κ3) is 1.93. The quantitative estimate of drug-likeness (QED) is 0.622. The van der Waals surface area contributed by atoms with Crippen LogP contribution in [0.15, 0.2) is 0 Å². The topological polar surface area (TPSA) is 37.3 Å². The van der Waals surface area contributed by atoms with E-state index in [9.17, 15) is 9.90 Å². The third-order valence-electron chi connectivity index (χ3n) is 3.65. The molecule has 0 unspecified atom stereocenters. The van der Waals surface area contributed by atoms with Crippen LogP contribution in [0.1, 0.15) is 51.4 Å². The molecule has 0 radical (unpaired) electrons. The first-order valence-electron chi connectivity index (χ1n) is 5.40. The molecule has 2 rings (SSSR count). The van der Waals surface area contributed by atoms with E-state index in [0.29, 0.717) is 5.78 Å². The van der Waals surface area contributed by atoms with Crippen molar-refractivity contribution in [3.8, 4) is 0 Å². The minimum atomic E-state index is -0.139. The van der Waals surface area contributed by atoms with Crippen LogP contribution in [-0.2, 0) is 4.79 Å². The lowest BCUT2D eigenvalue weighted by Crippen LogP contribution is -2.36. The summed E-state index contributed by atoms with van der Waals surface area (Å²) in [6.07, 6.45) is 7.67. The predicted molar refractivity (Wildman–Crippen MR) is 50.4 cm³/mol. The number of hydrogen-bond donors (Lipinski definition) is 1. The molecular formula is C11H18O2. The highest BCUT2D eigenvalue weighted by molar-refractivity contribution is 5.79. The maximum absolute atomic E-state index is 11.4. The van der Waals surface area contributed by atoms with Crippen molar-refractivity contribution in [2.45, 2.75) is 57.5 Å². The molecule has 74 valence electrons. The molecule has 2 aliphatic rings. The number of carbonyl (C=O) groups excluding carboxylic acids is 1. The average Bonchev–Trinajstić information content (AvgIpc) is 2.02. The molecule has 13 heavy (non-hydrogen) atoms. The number of aliphatic hydroxyl groups is 1. The van der Waals surface area contributed by atoms with E-state index in [2.05, 4.69) is 0 Å². The van der Waals surface area contributed by atoms with Gasteiger partial charge in [-0.25, -0.2) is 0 Å². The predicted octanol–water partition coefficient (Wildman–Crippen LogP) is 2.05. The molecule has 2 heteroatoms. The molecule has 0 aromatic rings.